The maximum absolute atomic E-state index is 4.94. The molecule has 2 aromatic rings. The second-order valence-corrected chi connectivity index (χ2v) is 22.5. The maximum Gasteiger partial charge on any atom is 2.00 e. The third-order valence-corrected chi connectivity index (χ3v) is 16.4. The van der Waals surface area contributed by atoms with Crippen molar-refractivity contribution in [2.75, 3.05) is 26.4 Å². The van der Waals surface area contributed by atoms with Gasteiger partial charge in [0.05, 0.1) is 0 Å². The number of hydrogen-bond acceptors (Lipinski definition) is 2. The molecule has 2 aromatic carbocycles. The van der Waals surface area contributed by atoms with Gasteiger partial charge >= 0.3 is 57.0 Å². The van der Waals surface area contributed by atoms with Gasteiger partial charge in [-0.2, -0.15) is 0 Å². The molecule has 2 heterocycles. The molecule has 0 amide bonds. The van der Waals surface area contributed by atoms with Crippen LogP contribution >= 0.6 is 0 Å². The van der Waals surface area contributed by atoms with E-state index in [2.05, 4.69) is 92.0 Å². The Labute approximate surface area is 280 Å². The molecule has 2 saturated heterocycles. The van der Waals surface area contributed by atoms with E-state index < -0.39 is 16.5 Å². The summed E-state index contributed by atoms with van der Waals surface area (Å²) in [5.41, 5.74) is 2.29. The number of rotatable bonds is 4. The van der Waals surface area contributed by atoms with Crippen molar-refractivity contribution in [3.8, 4) is 0 Å². The van der Waals surface area contributed by atoms with Crippen LogP contribution in [0.3, 0.4) is 0 Å². The molecule has 2 aliphatic rings. The van der Waals surface area contributed by atoms with Crippen molar-refractivity contribution in [1.82, 2.24) is 0 Å². The van der Waals surface area contributed by atoms with Gasteiger partial charge in [0, 0.05) is 26.4 Å². The van der Waals surface area contributed by atoms with Crippen LogP contribution < -0.4 is 0 Å². The predicted molar refractivity (Wildman–Crippen MR) is 165 cm³/mol. The molecule has 0 radical (unpaired) electrons. The molecule has 0 bridgehead atoms. The van der Waals surface area contributed by atoms with E-state index in [4.69, 9.17) is 19.4 Å². The van der Waals surface area contributed by atoms with Crippen molar-refractivity contribution in [2.45, 2.75) is 103 Å². The molecule has 2 fully saturated rings. The normalized spacial score (nSPS) is 15.2. The van der Waals surface area contributed by atoms with Crippen LogP contribution in [0, 0.1) is 39.9 Å². The Morgan fingerprint density at radius 2 is 0.789 bits per heavy atom. The topological polar surface area (TPSA) is 46.7 Å². The van der Waals surface area contributed by atoms with Crippen molar-refractivity contribution in [3.05, 3.63) is 58.5 Å². The van der Waals surface area contributed by atoms with Crippen LogP contribution in [0.15, 0.2) is 48.5 Å². The number of nitrogens with zero attached hydrogens (tertiary/aromatic N) is 2. The minimum Gasteiger partial charge on any atom is -0.745 e. The van der Waals surface area contributed by atoms with E-state index >= 15 is 0 Å². The van der Waals surface area contributed by atoms with Gasteiger partial charge in [-0.15, -0.1) is 0 Å². The Morgan fingerprint density at radius 1 is 0.553 bits per heavy atom. The summed E-state index contributed by atoms with van der Waals surface area (Å²) in [6, 6.07) is 16.5. The molecule has 220 valence electrons. The summed E-state index contributed by atoms with van der Waals surface area (Å²) < 4.78 is 9.89. The van der Waals surface area contributed by atoms with E-state index in [0.29, 0.717) is 10.1 Å². The molecular weight excluding hydrogens is 690 g/mol. The summed E-state index contributed by atoms with van der Waals surface area (Å²) in [6.45, 7) is 27.0. The fraction of sp³-hybridized carbons (Fsp3) is 0.667. The van der Waals surface area contributed by atoms with E-state index in [-0.39, 0.29) is 57.0 Å². The van der Waals surface area contributed by atoms with E-state index in [9.17, 15) is 0 Å². The molecule has 38 heavy (non-hydrogen) atoms. The fourth-order valence-corrected chi connectivity index (χ4v) is 5.14. The Morgan fingerprint density at radius 3 is 0.947 bits per heavy atom. The van der Waals surface area contributed by atoms with Gasteiger partial charge in [-0.05, 0) is 42.2 Å². The SMILES string of the molecule is C1CCOC1.C1CCOC1.CC(C)(C)[Si](C)(C)[N-][c-]1cccc1.CC(C)(C)[Si](C)(C)[N-][c-]1cccc1.[Fe+2].[Gd+2]. The average Bonchev–Trinajstić information content (AvgIpc) is 3.58. The summed E-state index contributed by atoms with van der Waals surface area (Å²) >= 11 is 0. The molecule has 0 saturated carbocycles. The molecular formula is C30H54FeGdN2O2Si2. The largest absolute Gasteiger partial charge is 2.00 e. The van der Waals surface area contributed by atoms with Gasteiger partial charge in [-0.3, -0.25) is 11.4 Å². The van der Waals surface area contributed by atoms with Gasteiger partial charge in [0.25, 0.3) is 0 Å². The second kappa shape index (κ2) is 19.6. The van der Waals surface area contributed by atoms with Crippen LogP contribution in [-0.2, 0) is 26.5 Å². The van der Waals surface area contributed by atoms with Crippen LogP contribution in [0.2, 0.25) is 36.3 Å². The molecule has 8 heteroatoms. The van der Waals surface area contributed by atoms with Gasteiger partial charge < -0.3 is 19.4 Å². The molecule has 4 nitrogen and oxygen atoms in total. The third kappa shape index (κ3) is 16.7. The zero-order valence-corrected chi connectivity index (χ0v) is 31.1. The van der Waals surface area contributed by atoms with Crippen LogP contribution in [-0.4, -0.2) is 42.9 Å². The molecule has 0 aromatic heterocycles. The Kier molecular flexibility index (Phi) is 20.9. The molecule has 2 aliphatic heterocycles. The first kappa shape index (κ1) is 40.6. The van der Waals surface area contributed by atoms with Crippen molar-refractivity contribution in [2.24, 2.45) is 0 Å². The zero-order valence-electron chi connectivity index (χ0n) is 25.7. The van der Waals surface area contributed by atoms with E-state index in [1.807, 2.05) is 24.3 Å². The summed E-state index contributed by atoms with van der Waals surface area (Å²) in [4.78, 5) is 9.72. The summed E-state index contributed by atoms with van der Waals surface area (Å²) in [5.74, 6) is 0. The molecule has 0 atom stereocenters. The molecule has 4 rings (SSSR count). The Bertz CT molecular complexity index is 708. The predicted octanol–water partition coefficient (Wildman–Crippen LogP) is 10.4. The van der Waals surface area contributed by atoms with Crippen LogP contribution in [0.4, 0.5) is 11.4 Å². The van der Waals surface area contributed by atoms with Gasteiger partial charge in [0.1, 0.15) is 0 Å². The van der Waals surface area contributed by atoms with Crippen LogP contribution in [0.1, 0.15) is 67.2 Å². The quantitative estimate of drug-likeness (QED) is 0.231. The smallest absolute Gasteiger partial charge is 0.745 e. The monoisotopic (exact) mass is 744 g/mol. The summed E-state index contributed by atoms with van der Waals surface area (Å²) in [7, 11) is -2.97. The fourth-order valence-electron chi connectivity index (χ4n) is 2.88. The Balaban J connectivity index is 0. The van der Waals surface area contributed by atoms with Crippen molar-refractivity contribution in [3.63, 3.8) is 0 Å². The van der Waals surface area contributed by atoms with E-state index in [1.54, 1.807) is 0 Å². The first-order valence-electron chi connectivity index (χ1n) is 13.7. The summed E-state index contributed by atoms with van der Waals surface area (Å²) in [6.07, 6.45) is 5.11. The van der Waals surface area contributed by atoms with Gasteiger partial charge in [-0.25, -0.2) is 48.5 Å². The third-order valence-electron chi connectivity index (χ3n) is 7.43. The van der Waals surface area contributed by atoms with Gasteiger partial charge in [-0.1, -0.05) is 77.8 Å². The van der Waals surface area contributed by atoms with Crippen molar-refractivity contribution >= 4 is 27.8 Å². The minimum absolute atomic E-state index is 0. The van der Waals surface area contributed by atoms with Crippen molar-refractivity contribution < 1.29 is 66.5 Å². The first-order valence-corrected chi connectivity index (χ1v) is 19.6. The molecule has 0 spiro atoms. The Hall–Kier alpha value is 0.498. The van der Waals surface area contributed by atoms with E-state index in [0.717, 1.165) is 37.8 Å². The number of hydrogen-bond donors (Lipinski definition) is 0. The zero-order chi connectivity index (χ0) is 27.3. The average molecular weight is 744 g/mol. The van der Waals surface area contributed by atoms with E-state index in [1.165, 1.54) is 25.7 Å². The second-order valence-electron chi connectivity index (χ2n) is 12.8. The summed E-state index contributed by atoms with van der Waals surface area (Å²) in [5, 5.41) is 0.675. The standard InChI is InChI=1S/2C11H19NSi.2C4H8O.Fe.Gd/c2*1-11(2,3)13(4,5)12-10-8-6-7-9-10;2*1-2-4-5-3-1;;/h2*6-9H,1-5H3;2*1-4H2;;/q2*-2;;;2*+2. The maximum atomic E-state index is 4.94. The van der Waals surface area contributed by atoms with Crippen LogP contribution in [0.5, 0.6) is 0 Å². The first-order chi connectivity index (χ1) is 16.7. The molecule has 0 aliphatic carbocycles. The van der Waals surface area contributed by atoms with Crippen LogP contribution in [0.25, 0.3) is 9.96 Å². The molecule has 0 N–H and O–H groups in total. The minimum atomic E-state index is -1.48. The van der Waals surface area contributed by atoms with Crippen molar-refractivity contribution in [1.29, 1.82) is 0 Å². The van der Waals surface area contributed by atoms with Gasteiger partial charge in [0.15, 0.2) is 0 Å². The van der Waals surface area contributed by atoms with Gasteiger partial charge in [0.2, 0.25) is 0 Å². The molecule has 0 unspecified atom stereocenters. The number of ether oxygens (including phenoxy) is 2.